The summed E-state index contributed by atoms with van der Waals surface area (Å²) in [4.78, 5) is 4.78. The maximum atomic E-state index is 4.78. The zero-order chi connectivity index (χ0) is 15.2. The molecule has 3 aromatic rings. The van der Waals surface area contributed by atoms with Gasteiger partial charge >= 0.3 is 0 Å². The third kappa shape index (κ3) is 3.47. The number of hydrogen-bond donors (Lipinski definition) is 1. The Balaban J connectivity index is 1.78. The molecule has 0 bridgehead atoms. The van der Waals surface area contributed by atoms with Crippen molar-refractivity contribution in [3.05, 3.63) is 48.5 Å². The van der Waals surface area contributed by atoms with Gasteiger partial charge in [-0.25, -0.2) is 4.98 Å². The van der Waals surface area contributed by atoms with Crippen LogP contribution in [0.4, 0.5) is 5.69 Å². The van der Waals surface area contributed by atoms with E-state index >= 15 is 0 Å². The average molecular weight is 310 g/mol. The summed E-state index contributed by atoms with van der Waals surface area (Å²) in [7, 11) is 0. The third-order valence-corrected chi connectivity index (χ3v) is 4.87. The SMILES string of the molecule is CCCCCCNc1ccccc1-c1nc2ccccc2s1. The fourth-order valence-corrected chi connectivity index (χ4v) is 3.59. The van der Waals surface area contributed by atoms with E-state index in [1.165, 1.54) is 41.6 Å². The van der Waals surface area contributed by atoms with Crippen molar-refractivity contribution in [2.75, 3.05) is 11.9 Å². The van der Waals surface area contributed by atoms with Crippen LogP contribution in [0.3, 0.4) is 0 Å². The Morgan fingerprint density at radius 2 is 1.77 bits per heavy atom. The van der Waals surface area contributed by atoms with Crippen molar-refractivity contribution >= 4 is 27.2 Å². The van der Waals surface area contributed by atoms with Gasteiger partial charge in [0.1, 0.15) is 5.01 Å². The van der Waals surface area contributed by atoms with Crippen molar-refractivity contribution in [3.63, 3.8) is 0 Å². The van der Waals surface area contributed by atoms with E-state index < -0.39 is 0 Å². The minimum atomic E-state index is 1.03. The van der Waals surface area contributed by atoms with E-state index in [0.29, 0.717) is 0 Å². The van der Waals surface area contributed by atoms with E-state index in [1.54, 1.807) is 11.3 Å². The van der Waals surface area contributed by atoms with E-state index in [2.05, 4.69) is 54.7 Å². The summed E-state index contributed by atoms with van der Waals surface area (Å²) in [6, 6.07) is 16.8. The lowest BCUT2D eigenvalue weighted by Gasteiger charge is -2.10. The van der Waals surface area contributed by atoms with Crippen LogP contribution < -0.4 is 5.32 Å². The molecule has 0 aliphatic heterocycles. The number of nitrogens with one attached hydrogen (secondary N) is 1. The van der Waals surface area contributed by atoms with Crippen molar-refractivity contribution in [2.24, 2.45) is 0 Å². The van der Waals surface area contributed by atoms with Gasteiger partial charge in [-0.1, -0.05) is 50.5 Å². The predicted octanol–water partition coefficient (Wildman–Crippen LogP) is 5.96. The average Bonchev–Trinajstić information content (AvgIpc) is 2.99. The summed E-state index contributed by atoms with van der Waals surface area (Å²) in [6.07, 6.45) is 5.12. The number of aromatic nitrogens is 1. The smallest absolute Gasteiger partial charge is 0.126 e. The molecule has 0 saturated carbocycles. The van der Waals surface area contributed by atoms with E-state index in [4.69, 9.17) is 4.98 Å². The summed E-state index contributed by atoms with van der Waals surface area (Å²) < 4.78 is 1.25. The summed E-state index contributed by atoms with van der Waals surface area (Å²) in [5, 5.41) is 4.68. The number of hydrogen-bond acceptors (Lipinski definition) is 3. The van der Waals surface area contributed by atoms with Gasteiger partial charge in [-0.05, 0) is 30.7 Å². The molecule has 0 fully saturated rings. The maximum Gasteiger partial charge on any atom is 0.126 e. The first-order chi connectivity index (χ1) is 10.9. The van der Waals surface area contributed by atoms with E-state index in [1.807, 2.05) is 6.07 Å². The minimum Gasteiger partial charge on any atom is -0.384 e. The van der Waals surface area contributed by atoms with Crippen LogP contribution in [0.5, 0.6) is 0 Å². The number of anilines is 1. The lowest BCUT2D eigenvalue weighted by atomic mass is 10.1. The first-order valence-corrected chi connectivity index (χ1v) is 8.89. The number of thiazole rings is 1. The molecule has 3 rings (SSSR count). The Kier molecular flexibility index (Phi) is 5.07. The van der Waals surface area contributed by atoms with Crippen molar-refractivity contribution in [1.82, 2.24) is 4.98 Å². The fourth-order valence-electron chi connectivity index (χ4n) is 2.59. The summed E-state index contributed by atoms with van der Waals surface area (Å²) in [5.74, 6) is 0. The quantitative estimate of drug-likeness (QED) is 0.545. The predicted molar refractivity (Wildman–Crippen MR) is 97.7 cm³/mol. The molecule has 0 atom stereocenters. The second-order valence-electron chi connectivity index (χ2n) is 5.52. The molecule has 0 saturated heterocycles. The number of fused-ring (bicyclic) bond motifs is 1. The second kappa shape index (κ2) is 7.41. The summed E-state index contributed by atoms with van der Waals surface area (Å²) in [5.41, 5.74) is 3.48. The molecule has 0 amide bonds. The lowest BCUT2D eigenvalue weighted by molar-refractivity contribution is 0.685. The molecule has 0 radical (unpaired) electrons. The van der Waals surface area contributed by atoms with Crippen molar-refractivity contribution < 1.29 is 0 Å². The highest BCUT2D eigenvalue weighted by Gasteiger charge is 2.09. The highest BCUT2D eigenvalue weighted by atomic mass is 32.1. The van der Waals surface area contributed by atoms with E-state index in [9.17, 15) is 0 Å². The Morgan fingerprint density at radius 3 is 2.64 bits per heavy atom. The van der Waals surface area contributed by atoms with Gasteiger partial charge in [0.25, 0.3) is 0 Å². The van der Waals surface area contributed by atoms with E-state index in [-0.39, 0.29) is 0 Å². The number of para-hydroxylation sites is 2. The third-order valence-electron chi connectivity index (χ3n) is 3.80. The molecule has 0 aliphatic rings. The molecule has 114 valence electrons. The van der Waals surface area contributed by atoms with Crippen LogP contribution in [-0.4, -0.2) is 11.5 Å². The molecule has 0 spiro atoms. The van der Waals surface area contributed by atoms with Crippen LogP contribution in [-0.2, 0) is 0 Å². The van der Waals surface area contributed by atoms with Gasteiger partial charge in [0.2, 0.25) is 0 Å². The normalized spacial score (nSPS) is 11.0. The van der Waals surface area contributed by atoms with Gasteiger partial charge in [0.15, 0.2) is 0 Å². The highest BCUT2D eigenvalue weighted by Crippen LogP contribution is 2.34. The van der Waals surface area contributed by atoms with Crippen LogP contribution in [0.25, 0.3) is 20.8 Å². The molecule has 0 aliphatic carbocycles. The molecule has 1 N–H and O–H groups in total. The lowest BCUT2D eigenvalue weighted by Crippen LogP contribution is -2.02. The number of nitrogens with zero attached hydrogens (tertiary/aromatic N) is 1. The molecular formula is C19H22N2S. The first kappa shape index (κ1) is 15.0. The molecule has 3 heteroatoms. The monoisotopic (exact) mass is 310 g/mol. The van der Waals surface area contributed by atoms with Gasteiger partial charge in [0, 0.05) is 17.8 Å². The fraction of sp³-hybridized carbons (Fsp3) is 0.316. The van der Waals surface area contributed by atoms with Crippen LogP contribution in [0, 0.1) is 0 Å². The van der Waals surface area contributed by atoms with Gasteiger partial charge < -0.3 is 5.32 Å². The van der Waals surface area contributed by atoms with Crippen molar-refractivity contribution in [1.29, 1.82) is 0 Å². The summed E-state index contributed by atoms with van der Waals surface area (Å²) >= 11 is 1.76. The van der Waals surface area contributed by atoms with Gasteiger partial charge in [-0.3, -0.25) is 0 Å². The highest BCUT2D eigenvalue weighted by molar-refractivity contribution is 7.21. The van der Waals surface area contributed by atoms with Crippen LogP contribution in [0.1, 0.15) is 32.6 Å². The van der Waals surface area contributed by atoms with Crippen LogP contribution >= 0.6 is 11.3 Å². The van der Waals surface area contributed by atoms with E-state index in [0.717, 1.165) is 17.1 Å². The van der Waals surface area contributed by atoms with Crippen molar-refractivity contribution in [2.45, 2.75) is 32.6 Å². The second-order valence-corrected chi connectivity index (χ2v) is 6.55. The largest absolute Gasteiger partial charge is 0.384 e. The Hall–Kier alpha value is -1.87. The molecule has 2 aromatic carbocycles. The van der Waals surface area contributed by atoms with Crippen LogP contribution in [0.15, 0.2) is 48.5 Å². The topological polar surface area (TPSA) is 24.9 Å². The zero-order valence-electron chi connectivity index (χ0n) is 13.0. The number of rotatable bonds is 7. The molecular weight excluding hydrogens is 288 g/mol. The van der Waals surface area contributed by atoms with Crippen molar-refractivity contribution in [3.8, 4) is 10.6 Å². The van der Waals surface area contributed by atoms with Gasteiger partial charge in [-0.2, -0.15) is 0 Å². The molecule has 22 heavy (non-hydrogen) atoms. The molecule has 2 nitrogen and oxygen atoms in total. The molecule has 1 heterocycles. The Morgan fingerprint density at radius 1 is 0.955 bits per heavy atom. The minimum absolute atomic E-state index is 1.03. The maximum absolute atomic E-state index is 4.78. The van der Waals surface area contributed by atoms with Gasteiger partial charge in [-0.15, -0.1) is 11.3 Å². The standard InChI is InChI=1S/C19H22N2S/c1-2-3-4-9-14-20-16-11-6-5-10-15(16)19-21-17-12-7-8-13-18(17)22-19/h5-8,10-13,20H,2-4,9,14H2,1H3. The van der Waals surface area contributed by atoms with Crippen LogP contribution in [0.2, 0.25) is 0 Å². The summed E-state index contributed by atoms with van der Waals surface area (Å²) in [6.45, 7) is 3.28. The first-order valence-electron chi connectivity index (χ1n) is 8.07. The zero-order valence-corrected chi connectivity index (χ0v) is 13.8. The molecule has 0 unspecified atom stereocenters. The number of unbranched alkanes of at least 4 members (excludes halogenated alkanes) is 3. The number of benzene rings is 2. The Bertz CT molecular complexity index is 700. The molecule has 1 aromatic heterocycles. The van der Waals surface area contributed by atoms with Gasteiger partial charge in [0.05, 0.1) is 10.2 Å². The Labute approximate surface area is 136 Å².